The zero-order chi connectivity index (χ0) is 29.5. The lowest BCUT2D eigenvalue weighted by molar-refractivity contribution is 0.360. The van der Waals surface area contributed by atoms with Gasteiger partial charge in [-0.1, -0.05) is 13.0 Å². The largest absolute Gasteiger partial charge is 0.505 e. The first kappa shape index (κ1) is 27.3. The molecule has 43 heavy (non-hydrogen) atoms. The van der Waals surface area contributed by atoms with Crippen LogP contribution in [0.1, 0.15) is 30.3 Å². The SMILES string of the molecule is CCc1cc(O)c(F)cc1-c1ccc2c(-c3nc4c([nH]3)CCN(c3cnc(N5CCCN(C)CC5)cn3)CC4)n[nH]c2c1. The van der Waals surface area contributed by atoms with Crippen LogP contribution in [0.2, 0.25) is 0 Å². The van der Waals surface area contributed by atoms with Crippen LogP contribution in [-0.4, -0.2) is 86.5 Å². The minimum absolute atomic E-state index is 0.325. The van der Waals surface area contributed by atoms with Crippen LogP contribution < -0.4 is 9.80 Å². The second-order valence-corrected chi connectivity index (χ2v) is 11.5. The Hall–Kier alpha value is -4.51. The van der Waals surface area contributed by atoms with Gasteiger partial charge in [-0.3, -0.25) is 5.10 Å². The number of rotatable bonds is 5. The average Bonchev–Trinajstić information content (AvgIpc) is 3.49. The number of phenolic OH excluding ortho intramolecular Hbond substituents is 1. The Bertz CT molecular complexity index is 1740. The molecule has 5 heterocycles. The number of phenols is 1. The predicted molar refractivity (Wildman–Crippen MR) is 166 cm³/mol. The van der Waals surface area contributed by atoms with Crippen molar-refractivity contribution in [2.75, 3.05) is 56.1 Å². The Morgan fingerprint density at radius 2 is 1.72 bits per heavy atom. The van der Waals surface area contributed by atoms with Gasteiger partial charge in [-0.15, -0.1) is 0 Å². The molecule has 2 aliphatic rings. The number of imidazole rings is 1. The van der Waals surface area contributed by atoms with E-state index in [1.807, 2.05) is 37.5 Å². The Labute approximate surface area is 249 Å². The van der Waals surface area contributed by atoms with Crippen LogP contribution in [0.4, 0.5) is 16.0 Å². The van der Waals surface area contributed by atoms with Crippen molar-refractivity contribution in [1.29, 1.82) is 0 Å². The Morgan fingerprint density at radius 1 is 0.930 bits per heavy atom. The number of hydrogen-bond donors (Lipinski definition) is 3. The van der Waals surface area contributed by atoms with Crippen molar-refractivity contribution < 1.29 is 9.50 Å². The number of H-pyrrole nitrogens is 2. The van der Waals surface area contributed by atoms with E-state index in [2.05, 4.69) is 36.9 Å². The maximum absolute atomic E-state index is 14.2. The van der Waals surface area contributed by atoms with Crippen LogP contribution in [0.3, 0.4) is 0 Å². The number of fused-ring (bicyclic) bond motifs is 2. The van der Waals surface area contributed by atoms with Gasteiger partial charge in [-0.2, -0.15) is 5.10 Å². The van der Waals surface area contributed by atoms with Crippen molar-refractivity contribution in [3.63, 3.8) is 0 Å². The molecule has 0 radical (unpaired) electrons. The highest BCUT2D eigenvalue weighted by Gasteiger charge is 2.22. The van der Waals surface area contributed by atoms with E-state index in [0.29, 0.717) is 6.42 Å². The second-order valence-electron chi connectivity index (χ2n) is 11.5. The molecule has 0 atom stereocenters. The Kier molecular flexibility index (Phi) is 7.18. The monoisotopic (exact) mass is 581 g/mol. The van der Waals surface area contributed by atoms with E-state index in [1.165, 1.54) is 12.1 Å². The molecule has 3 N–H and O–H groups in total. The maximum atomic E-state index is 14.2. The molecule has 0 unspecified atom stereocenters. The second kappa shape index (κ2) is 11.3. The summed E-state index contributed by atoms with van der Waals surface area (Å²) in [4.78, 5) is 25.0. The molecule has 1 fully saturated rings. The number of anilines is 2. The van der Waals surface area contributed by atoms with Gasteiger partial charge in [0.1, 0.15) is 17.3 Å². The number of nitrogens with one attached hydrogen (secondary N) is 2. The zero-order valence-corrected chi connectivity index (χ0v) is 24.6. The number of halogens is 1. The molecule has 2 aromatic carbocycles. The zero-order valence-electron chi connectivity index (χ0n) is 24.6. The Balaban J connectivity index is 1.07. The highest BCUT2D eigenvalue weighted by atomic mass is 19.1. The quantitative estimate of drug-likeness (QED) is 0.277. The summed E-state index contributed by atoms with van der Waals surface area (Å²) in [5.41, 5.74) is 6.29. The third kappa shape index (κ3) is 5.29. The van der Waals surface area contributed by atoms with Crippen molar-refractivity contribution in [3.8, 4) is 28.4 Å². The van der Waals surface area contributed by atoms with Gasteiger partial charge >= 0.3 is 0 Å². The van der Waals surface area contributed by atoms with Crippen LogP contribution >= 0.6 is 0 Å². The fourth-order valence-corrected chi connectivity index (χ4v) is 6.25. The molecular weight excluding hydrogens is 545 g/mol. The van der Waals surface area contributed by atoms with Crippen LogP contribution in [-0.2, 0) is 19.3 Å². The topological polar surface area (TPSA) is 113 Å². The number of aromatic amines is 2. The number of aromatic nitrogens is 6. The van der Waals surface area contributed by atoms with Crippen molar-refractivity contribution in [1.82, 2.24) is 35.0 Å². The predicted octanol–water partition coefficient (Wildman–Crippen LogP) is 4.56. The Morgan fingerprint density at radius 3 is 2.51 bits per heavy atom. The normalized spacial score (nSPS) is 16.3. The number of likely N-dealkylation sites (N-methyl/N-ethyl adjacent to an activating group) is 1. The van der Waals surface area contributed by atoms with Gasteiger partial charge in [0.25, 0.3) is 0 Å². The third-order valence-electron chi connectivity index (χ3n) is 8.76. The van der Waals surface area contributed by atoms with Crippen LogP contribution in [0.5, 0.6) is 5.75 Å². The van der Waals surface area contributed by atoms with E-state index < -0.39 is 5.82 Å². The number of benzene rings is 2. The average molecular weight is 582 g/mol. The summed E-state index contributed by atoms with van der Waals surface area (Å²) < 4.78 is 14.2. The molecule has 0 saturated carbocycles. The van der Waals surface area contributed by atoms with E-state index in [0.717, 1.165) is 121 Å². The summed E-state index contributed by atoms with van der Waals surface area (Å²) in [5.74, 6) is 1.64. The summed E-state index contributed by atoms with van der Waals surface area (Å²) in [6.45, 7) is 7.77. The third-order valence-corrected chi connectivity index (χ3v) is 8.76. The summed E-state index contributed by atoms with van der Waals surface area (Å²) in [6.07, 6.45) is 7.25. The number of nitrogens with zero attached hydrogens (tertiary/aromatic N) is 7. The molecule has 7 rings (SSSR count). The lowest BCUT2D eigenvalue weighted by atomic mass is 9.96. The first-order chi connectivity index (χ1) is 21.0. The van der Waals surface area contributed by atoms with Crippen LogP contribution in [0.15, 0.2) is 42.7 Å². The number of aryl methyl sites for hydroxylation is 1. The van der Waals surface area contributed by atoms with Gasteiger partial charge in [-0.05, 0) is 67.4 Å². The van der Waals surface area contributed by atoms with Gasteiger partial charge in [0.15, 0.2) is 17.4 Å². The van der Waals surface area contributed by atoms with E-state index in [1.54, 1.807) is 0 Å². The summed E-state index contributed by atoms with van der Waals surface area (Å²) in [5, 5.41) is 18.5. The van der Waals surface area contributed by atoms with Gasteiger partial charge in [-0.25, -0.2) is 19.3 Å². The minimum atomic E-state index is -0.627. The number of aromatic hydroxyl groups is 1. The van der Waals surface area contributed by atoms with Gasteiger partial charge < -0.3 is 24.8 Å². The van der Waals surface area contributed by atoms with Gasteiger partial charge in [0, 0.05) is 56.6 Å². The lowest BCUT2D eigenvalue weighted by Gasteiger charge is -2.24. The standard InChI is InChI=1S/C32H36FN9O/c1-3-20-16-28(43)24(33)17-23(20)21-5-6-22-27(15-21)38-39-31(22)32-36-25-7-11-42(12-8-26(25)37-32)30-19-34-29(18-35-30)41-10-4-9-40(2)13-14-41/h5-6,15-19,43H,3-4,7-14H2,1-2H3,(H,36,37)(H,38,39). The van der Waals surface area contributed by atoms with Crippen molar-refractivity contribution in [2.24, 2.45) is 0 Å². The molecule has 222 valence electrons. The lowest BCUT2D eigenvalue weighted by Crippen LogP contribution is -2.30. The highest BCUT2D eigenvalue weighted by Crippen LogP contribution is 2.34. The molecule has 1 saturated heterocycles. The summed E-state index contributed by atoms with van der Waals surface area (Å²) in [6, 6.07) is 8.83. The smallest absolute Gasteiger partial charge is 0.165 e. The van der Waals surface area contributed by atoms with Gasteiger partial charge in [0.2, 0.25) is 0 Å². The highest BCUT2D eigenvalue weighted by molar-refractivity contribution is 5.94. The fraction of sp³-hybridized carbons (Fsp3) is 0.375. The molecule has 0 spiro atoms. The molecule has 0 aliphatic carbocycles. The van der Waals surface area contributed by atoms with Crippen molar-refractivity contribution >= 4 is 22.5 Å². The van der Waals surface area contributed by atoms with E-state index in [9.17, 15) is 9.50 Å². The first-order valence-electron chi connectivity index (χ1n) is 15.1. The van der Waals surface area contributed by atoms with E-state index in [-0.39, 0.29) is 5.75 Å². The molecular formula is C32H36FN9O. The first-order valence-corrected chi connectivity index (χ1v) is 15.1. The van der Waals surface area contributed by atoms with E-state index in [4.69, 9.17) is 15.0 Å². The maximum Gasteiger partial charge on any atom is 0.165 e. The summed E-state index contributed by atoms with van der Waals surface area (Å²) in [7, 11) is 2.17. The minimum Gasteiger partial charge on any atom is -0.505 e. The van der Waals surface area contributed by atoms with Gasteiger partial charge in [0.05, 0.1) is 23.6 Å². The van der Waals surface area contributed by atoms with Crippen LogP contribution in [0.25, 0.3) is 33.5 Å². The fourth-order valence-electron chi connectivity index (χ4n) is 6.25. The molecule has 11 heteroatoms. The summed E-state index contributed by atoms with van der Waals surface area (Å²) >= 11 is 0. The van der Waals surface area contributed by atoms with E-state index >= 15 is 0 Å². The molecule has 0 amide bonds. The van der Waals surface area contributed by atoms with Crippen molar-refractivity contribution in [3.05, 3.63) is 65.5 Å². The molecule has 2 aliphatic heterocycles. The van der Waals surface area contributed by atoms with Crippen molar-refractivity contribution in [2.45, 2.75) is 32.6 Å². The molecule has 5 aromatic rings. The molecule has 10 nitrogen and oxygen atoms in total. The molecule has 0 bridgehead atoms. The van der Waals surface area contributed by atoms with Crippen LogP contribution in [0, 0.1) is 5.82 Å². The number of hydrogen-bond acceptors (Lipinski definition) is 8. The molecule has 3 aromatic heterocycles.